The number of methoxy groups -OCH3 is 1. The first-order valence-electron chi connectivity index (χ1n) is 11.1. The van der Waals surface area contributed by atoms with Crippen LogP contribution in [0, 0.1) is 28.6 Å². The lowest BCUT2D eigenvalue weighted by atomic mass is 9.40. The van der Waals surface area contributed by atoms with E-state index in [0.29, 0.717) is 12.5 Å². The van der Waals surface area contributed by atoms with Crippen LogP contribution in [0.1, 0.15) is 50.2 Å². The minimum absolute atomic E-state index is 0.126. The van der Waals surface area contributed by atoms with Crippen LogP contribution in [0.4, 0.5) is 0 Å². The van der Waals surface area contributed by atoms with Crippen molar-refractivity contribution in [2.45, 2.75) is 63.0 Å². The van der Waals surface area contributed by atoms with Gasteiger partial charge in [0.15, 0.2) is 23.4 Å². The Kier molecular flexibility index (Phi) is 3.53. The van der Waals surface area contributed by atoms with Crippen LogP contribution >= 0.6 is 0 Å². The summed E-state index contributed by atoms with van der Waals surface area (Å²) >= 11 is 0. The molecular weight excluding hydrogens is 364 g/mol. The van der Waals surface area contributed by atoms with E-state index in [-0.39, 0.29) is 22.5 Å². The van der Waals surface area contributed by atoms with E-state index in [1.54, 1.807) is 7.11 Å². The fourth-order valence-corrected chi connectivity index (χ4v) is 7.52. The number of hydrogen-bond acceptors (Lipinski definition) is 5. The van der Waals surface area contributed by atoms with Gasteiger partial charge in [-0.2, -0.15) is 5.26 Å². The molecule has 5 atom stereocenters. The van der Waals surface area contributed by atoms with E-state index in [2.05, 4.69) is 24.0 Å². The van der Waals surface area contributed by atoms with Gasteiger partial charge in [-0.15, -0.1) is 0 Å². The van der Waals surface area contributed by atoms with Crippen molar-refractivity contribution in [1.29, 1.82) is 5.26 Å². The lowest BCUT2D eigenvalue weighted by Crippen LogP contribution is -2.74. The van der Waals surface area contributed by atoms with Crippen molar-refractivity contribution in [3.63, 3.8) is 0 Å². The smallest absolute Gasteiger partial charge is 0.174 e. The van der Waals surface area contributed by atoms with Crippen LogP contribution in [-0.2, 0) is 16.6 Å². The summed E-state index contributed by atoms with van der Waals surface area (Å²) in [5, 5.41) is 10.2. The van der Waals surface area contributed by atoms with E-state index in [0.717, 1.165) is 49.8 Å². The first-order valence-corrected chi connectivity index (χ1v) is 11.1. The number of piperidine rings is 1. The molecule has 29 heavy (non-hydrogen) atoms. The van der Waals surface area contributed by atoms with Crippen LogP contribution in [-0.4, -0.2) is 43.0 Å². The summed E-state index contributed by atoms with van der Waals surface area (Å²) in [6.45, 7) is 4.22. The first-order chi connectivity index (χ1) is 14.1. The number of rotatable bonds is 4. The number of carbonyl (C=O) groups is 1. The van der Waals surface area contributed by atoms with Crippen molar-refractivity contribution in [2.24, 2.45) is 17.3 Å². The fourth-order valence-electron chi connectivity index (χ4n) is 7.52. The quantitative estimate of drug-likeness (QED) is 0.787. The summed E-state index contributed by atoms with van der Waals surface area (Å²) in [6, 6.07) is 7.11. The predicted molar refractivity (Wildman–Crippen MR) is 107 cm³/mol. The number of nitriles is 1. The SMILES string of the molecule is COc1ccc2c3c1O[C@H]1C(=O)CC[C@@]4(C(C)C#N)[C@@H](C2)N(CC2CC2)CC[C@]314. The maximum Gasteiger partial charge on any atom is 0.174 e. The Labute approximate surface area is 172 Å². The fraction of sp³-hybridized carbons (Fsp3) is 0.667. The van der Waals surface area contributed by atoms with E-state index in [1.165, 1.54) is 24.0 Å². The van der Waals surface area contributed by atoms with Gasteiger partial charge in [0.05, 0.1) is 24.5 Å². The normalized spacial score (nSPS) is 38.0. The Morgan fingerprint density at radius 1 is 1.38 bits per heavy atom. The van der Waals surface area contributed by atoms with Gasteiger partial charge in [-0.25, -0.2) is 0 Å². The summed E-state index contributed by atoms with van der Waals surface area (Å²) in [5.41, 5.74) is 1.86. The number of ketones is 1. The highest BCUT2D eigenvalue weighted by Crippen LogP contribution is 2.70. The second-order valence-corrected chi connectivity index (χ2v) is 9.87. The second kappa shape index (κ2) is 5.76. The zero-order valence-electron chi connectivity index (χ0n) is 17.2. The number of benzene rings is 1. The topological polar surface area (TPSA) is 62.6 Å². The third-order valence-corrected chi connectivity index (χ3v) is 8.86. The number of carbonyl (C=O) groups excluding carboxylic acids is 1. The van der Waals surface area contributed by atoms with E-state index < -0.39 is 6.10 Å². The van der Waals surface area contributed by atoms with Crippen LogP contribution in [0.3, 0.4) is 0 Å². The van der Waals surface area contributed by atoms with E-state index >= 15 is 0 Å². The summed E-state index contributed by atoms with van der Waals surface area (Å²) < 4.78 is 12.1. The molecule has 2 heterocycles. The van der Waals surface area contributed by atoms with Crippen molar-refractivity contribution in [3.05, 3.63) is 23.3 Å². The molecule has 5 heteroatoms. The highest BCUT2D eigenvalue weighted by atomic mass is 16.5. The van der Waals surface area contributed by atoms with E-state index in [9.17, 15) is 10.1 Å². The van der Waals surface area contributed by atoms with Crippen LogP contribution < -0.4 is 9.47 Å². The predicted octanol–water partition coefficient (Wildman–Crippen LogP) is 3.24. The second-order valence-electron chi connectivity index (χ2n) is 9.87. The Bertz CT molecular complexity index is 948. The molecule has 2 bridgehead atoms. The molecule has 3 fully saturated rings. The molecule has 0 radical (unpaired) electrons. The third kappa shape index (κ3) is 1.97. The molecule has 2 aliphatic heterocycles. The molecule has 0 aromatic heterocycles. The number of nitrogens with zero attached hydrogens (tertiary/aromatic N) is 2. The van der Waals surface area contributed by atoms with Crippen molar-refractivity contribution in [1.82, 2.24) is 4.90 Å². The van der Waals surface area contributed by atoms with Gasteiger partial charge in [-0.05, 0) is 63.1 Å². The number of hydrogen-bond donors (Lipinski definition) is 0. The van der Waals surface area contributed by atoms with Crippen molar-refractivity contribution in [2.75, 3.05) is 20.2 Å². The molecule has 2 saturated carbocycles. The van der Waals surface area contributed by atoms with Gasteiger partial charge in [-0.1, -0.05) is 6.07 Å². The number of Topliss-reactive ketones (excluding diaryl/α,β-unsaturated/α-hetero) is 1. The minimum atomic E-state index is -0.469. The molecule has 1 saturated heterocycles. The molecule has 1 spiro atoms. The molecule has 0 amide bonds. The summed E-state index contributed by atoms with van der Waals surface area (Å²) in [5.74, 6) is 2.38. The molecule has 1 aromatic carbocycles. The molecule has 5 nitrogen and oxygen atoms in total. The zero-order valence-corrected chi connectivity index (χ0v) is 17.2. The van der Waals surface area contributed by atoms with Gasteiger partial charge in [0.2, 0.25) is 0 Å². The van der Waals surface area contributed by atoms with Crippen molar-refractivity contribution >= 4 is 5.78 Å². The lowest BCUT2D eigenvalue weighted by Gasteiger charge is -2.66. The maximum absolute atomic E-state index is 13.2. The molecule has 152 valence electrons. The number of ether oxygens (including phenoxy) is 2. The molecular formula is C24H28N2O3. The molecule has 1 unspecified atom stereocenters. The Morgan fingerprint density at radius 3 is 2.93 bits per heavy atom. The standard InChI is InChI=1S/C24H28N2O3/c1-14(12-25)23-8-7-17(27)22-24(23)9-10-26(13-15-3-4-15)19(23)11-16-5-6-18(28-2)21(29-22)20(16)24/h5-6,14-15,19,22H,3-4,7-11,13H2,1-2H3/t14?,19-,22+,23-,24+/m1/s1. The van der Waals surface area contributed by atoms with Gasteiger partial charge in [0.1, 0.15) is 0 Å². The summed E-state index contributed by atoms with van der Waals surface area (Å²) in [7, 11) is 1.66. The van der Waals surface area contributed by atoms with Gasteiger partial charge in [-0.3, -0.25) is 9.69 Å². The Morgan fingerprint density at radius 2 is 2.21 bits per heavy atom. The Balaban J connectivity index is 1.62. The van der Waals surface area contributed by atoms with Crippen LogP contribution in [0.15, 0.2) is 12.1 Å². The average molecular weight is 392 g/mol. The average Bonchev–Trinajstić information content (AvgIpc) is 3.48. The van der Waals surface area contributed by atoms with Gasteiger partial charge < -0.3 is 9.47 Å². The van der Waals surface area contributed by atoms with E-state index in [4.69, 9.17) is 9.47 Å². The van der Waals surface area contributed by atoms with Crippen molar-refractivity contribution < 1.29 is 14.3 Å². The highest BCUT2D eigenvalue weighted by molar-refractivity contribution is 5.89. The van der Waals surface area contributed by atoms with Gasteiger partial charge >= 0.3 is 0 Å². The lowest BCUT2D eigenvalue weighted by molar-refractivity contribution is -0.163. The monoisotopic (exact) mass is 392 g/mol. The summed E-state index contributed by atoms with van der Waals surface area (Å²) in [6.07, 6.45) is 5.33. The van der Waals surface area contributed by atoms with Crippen LogP contribution in [0.25, 0.3) is 0 Å². The van der Waals surface area contributed by atoms with Gasteiger partial charge in [0, 0.05) is 30.0 Å². The molecule has 6 rings (SSSR count). The highest BCUT2D eigenvalue weighted by Gasteiger charge is 2.74. The zero-order chi connectivity index (χ0) is 20.0. The van der Waals surface area contributed by atoms with Crippen LogP contribution in [0.2, 0.25) is 0 Å². The minimum Gasteiger partial charge on any atom is -0.493 e. The Hall–Kier alpha value is -2.06. The number of likely N-dealkylation sites (tertiary alicyclic amines) is 1. The third-order valence-electron chi connectivity index (χ3n) is 8.86. The van der Waals surface area contributed by atoms with Gasteiger partial charge in [0.25, 0.3) is 0 Å². The molecule has 5 aliphatic rings. The van der Waals surface area contributed by atoms with E-state index in [1.807, 2.05) is 6.07 Å². The largest absolute Gasteiger partial charge is 0.493 e. The molecule has 1 aromatic rings. The first kappa shape index (κ1) is 17.8. The molecule has 0 N–H and O–H groups in total. The maximum atomic E-state index is 13.2. The summed E-state index contributed by atoms with van der Waals surface area (Å²) in [4.78, 5) is 15.9. The molecule has 3 aliphatic carbocycles. The van der Waals surface area contributed by atoms with Crippen LogP contribution in [0.5, 0.6) is 11.5 Å². The van der Waals surface area contributed by atoms with Crippen molar-refractivity contribution in [3.8, 4) is 17.6 Å².